The summed E-state index contributed by atoms with van der Waals surface area (Å²) in [5.74, 6) is 0.179. The SMILES string of the molecule is CC(C)[C@@H](C)NC(=O)c1cc(S(=O)(=O)N[C@H](C)C(C)C)c[nH]1. The molecule has 7 heteroatoms. The number of amides is 1. The zero-order valence-corrected chi connectivity index (χ0v) is 14.9. The summed E-state index contributed by atoms with van der Waals surface area (Å²) in [7, 11) is -3.62. The van der Waals surface area contributed by atoms with E-state index in [9.17, 15) is 13.2 Å². The van der Waals surface area contributed by atoms with Gasteiger partial charge in [-0.25, -0.2) is 13.1 Å². The molecule has 0 saturated heterocycles. The van der Waals surface area contributed by atoms with Crippen LogP contribution >= 0.6 is 0 Å². The summed E-state index contributed by atoms with van der Waals surface area (Å²) in [6.07, 6.45) is 1.34. The van der Waals surface area contributed by atoms with Crippen molar-refractivity contribution in [2.75, 3.05) is 0 Å². The Hall–Kier alpha value is -1.34. The molecule has 0 aromatic carbocycles. The van der Waals surface area contributed by atoms with E-state index in [0.29, 0.717) is 5.92 Å². The van der Waals surface area contributed by atoms with Crippen molar-refractivity contribution < 1.29 is 13.2 Å². The van der Waals surface area contributed by atoms with E-state index in [1.165, 1.54) is 12.3 Å². The molecule has 0 fully saturated rings. The molecule has 1 rings (SSSR count). The van der Waals surface area contributed by atoms with Crippen LogP contribution in [0, 0.1) is 11.8 Å². The predicted octanol–water partition coefficient (Wildman–Crippen LogP) is 2.11. The molecule has 1 aromatic heterocycles. The number of H-pyrrole nitrogens is 1. The van der Waals surface area contributed by atoms with Crippen LogP contribution < -0.4 is 10.0 Å². The second-order valence-electron chi connectivity index (χ2n) is 6.41. The highest BCUT2D eigenvalue weighted by atomic mass is 32.2. The van der Waals surface area contributed by atoms with Gasteiger partial charge >= 0.3 is 0 Å². The van der Waals surface area contributed by atoms with E-state index < -0.39 is 10.0 Å². The van der Waals surface area contributed by atoms with Crippen molar-refractivity contribution in [1.29, 1.82) is 0 Å². The number of hydrogen-bond donors (Lipinski definition) is 3. The molecule has 6 nitrogen and oxygen atoms in total. The Bertz CT molecular complexity index is 605. The van der Waals surface area contributed by atoms with Crippen LogP contribution in [-0.4, -0.2) is 31.4 Å². The van der Waals surface area contributed by atoms with Gasteiger partial charge in [-0.15, -0.1) is 0 Å². The van der Waals surface area contributed by atoms with E-state index in [0.717, 1.165) is 0 Å². The molecular formula is C15H27N3O3S. The highest BCUT2D eigenvalue weighted by Crippen LogP contribution is 2.13. The minimum atomic E-state index is -3.62. The fourth-order valence-electron chi connectivity index (χ4n) is 1.56. The van der Waals surface area contributed by atoms with E-state index in [1.54, 1.807) is 0 Å². The Morgan fingerprint density at radius 2 is 1.59 bits per heavy atom. The quantitative estimate of drug-likeness (QED) is 0.715. The highest BCUT2D eigenvalue weighted by molar-refractivity contribution is 7.89. The molecule has 1 amide bonds. The van der Waals surface area contributed by atoms with Gasteiger partial charge in [-0.05, 0) is 31.7 Å². The zero-order valence-electron chi connectivity index (χ0n) is 14.1. The van der Waals surface area contributed by atoms with E-state index in [2.05, 4.69) is 15.0 Å². The normalized spacial score (nSPS) is 15.1. The van der Waals surface area contributed by atoms with Crippen LogP contribution in [0.5, 0.6) is 0 Å². The number of aromatic nitrogens is 1. The molecule has 126 valence electrons. The van der Waals surface area contributed by atoms with Crippen LogP contribution in [0.1, 0.15) is 52.0 Å². The highest BCUT2D eigenvalue weighted by Gasteiger charge is 2.22. The average molecular weight is 329 g/mol. The Morgan fingerprint density at radius 3 is 2.09 bits per heavy atom. The third kappa shape index (κ3) is 4.84. The van der Waals surface area contributed by atoms with E-state index in [-0.39, 0.29) is 34.5 Å². The Kier molecular flexibility index (Phi) is 6.19. The van der Waals surface area contributed by atoms with Gasteiger partial charge in [0.2, 0.25) is 10.0 Å². The number of carbonyl (C=O) groups is 1. The van der Waals surface area contributed by atoms with Crippen LogP contribution in [0.2, 0.25) is 0 Å². The Balaban J connectivity index is 2.85. The third-order valence-corrected chi connectivity index (χ3v) is 5.45. The maximum Gasteiger partial charge on any atom is 0.267 e. The third-order valence-electron chi connectivity index (χ3n) is 3.91. The molecule has 0 saturated carbocycles. The molecule has 1 aromatic rings. The number of hydrogen-bond acceptors (Lipinski definition) is 3. The lowest BCUT2D eigenvalue weighted by molar-refractivity contribution is 0.0926. The first kappa shape index (κ1) is 18.7. The number of rotatable bonds is 7. The van der Waals surface area contributed by atoms with Gasteiger partial charge in [-0.1, -0.05) is 27.7 Å². The van der Waals surface area contributed by atoms with Crippen LogP contribution in [-0.2, 0) is 10.0 Å². The van der Waals surface area contributed by atoms with E-state index >= 15 is 0 Å². The smallest absolute Gasteiger partial charge is 0.267 e. The molecule has 0 aliphatic rings. The summed E-state index contributed by atoms with van der Waals surface area (Å²) in [6.45, 7) is 11.6. The predicted molar refractivity (Wildman–Crippen MR) is 87.2 cm³/mol. The second-order valence-corrected chi connectivity index (χ2v) is 8.12. The number of sulfonamides is 1. The van der Waals surface area contributed by atoms with E-state index in [4.69, 9.17) is 0 Å². The van der Waals surface area contributed by atoms with Gasteiger partial charge in [-0.3, -0.25) is 4.79 Å². The molecule has 0 aliphatic heterocycles. The summed E-state index contributed by atoms with van der Waals surface area (Å²) in [6, 6.07) is 1.19. The molecule has 1 heterocycles. The molecule has 0 spiro atoms. The van der Waals surface area contributed by atoms with Crippen molar-refractivity contribution in [2.24, 2.45) is 11.8 Å². The molecule has 3 N–H and O–H groups in total. The van der Waals surface area contributed by atoms with Gasteiger partial charge in [0.25, 0.3) is 5.91 Å². The van der Waals surface area contributed by atoms with Crippen LogP contribution in [0.25, 0.3) is 0 Å². The Morgan fingerprint density at radius 1 is 1.05 bits per heavy atom. The lowest BCUT2D eigenvalue weighted by Crippen LogP contribution is -2.36. The average Bonchev–Trinajstić information content (AvgIpc) is 2.88. The molecule has 0 aliphatic carbocycles. The first-order valence-corrected chi connectivity index (χ1v) is 9.04. The van der Waals surface area contributed by atoms with Crippen molar-refractivity contribution in [3.05, 3.63) is 18.0 Å². The molecular weight excluding hydrogens is 302 g/mol. The number of carbonyl (C=O) groups excluding carboxylic acids is 1. The minimum Gasteiger partial charge on any atom is -0.356 e. The fourth-order valence-corrected chi connectivity index (χ4v) is 2.95. The standard InChI is InChI=1S/C15H27N3O3S/c1-9(2)11(5)17-15(19)14-7-13(8-16-14)22(20,21)18-12(6)10(3)4/h7-12,16,18H,1-6H3,(H,17,19)/t11-,12-/m1/s1. The van der Waals surface area contributed by atoms with Gasteiger partial charge in [0.15, 0.2) is 0 Å². The van der Waals surface area contributed by atoms with Crippen molar-refractivity contribution in [3.63, 3.8) is 0 Å². The fraction of sp³-hybridized carbons (Fsp3) is 0.667. The van der Waals surface area contributed by atoms with E-state index in [1.807, 2.05) is 41.5 Å². The van der Waals surface area contributed by atoms with Crippen molar-refractivity contribution in [3.8, 4) is 0 Å². The molecule has 0 radical (unpaired) electrons. The summed E-state index contributed by atoms with van der Waals surface area (Å²) < 4.78 is 27.1. The van der Waals surface area contributed by atoms with Crippen molar-refractivity contribution in [2.45, 2.75) is 58.5 Å². The first-order valence-electron chi connectivity index (χ1n) is 7.56. The number of aromatic amines is 1. The second kappa shape index (κ2) is 7.28. The zero-order chi connectivity index (χ0) is 17.1. The summed E-state index contributed by atoms with van der Waals surface area (Å²) in [4.78, 5) is 14.9. The van der Waals surface area contributed by atoms with Gasteiger partial charge in [0, 0.05) is 18.3 Å². The van der Waals surface area contributed by atoms with Crippen molar-refractivity contribution >= 4 is 15.9 Å². The van der Waals surface area contributed by atoms with Crippen LogP contribution in [0.15, 0.2) is 17.2 Å². The largest absolute Gasteiger partial charge is 0.356 e. The van der Waals surface area contributed by atoms with Crippen LogP contribution in [0.3, 0.4) is 0 Å². The van der Waals surface area contributed by atoms with Gasteiger partial charge < -0.3 is 10.3 Å². The molecule has 0 unspecified atom stereocenters. The summed E-state index contributed by atoms with van der Waals surface area (Å²) in [5.41, 5.74) is 0.241. The summed E-state index contributed by atoms with van der Waals surface area (Å²) >= 11 is 0. The van der Waals surface area contributed by atoms with Gasteiger partial charge in [0.1, 0.15) is 10.6 Å². The Labute approximate surface area is 133 Å². The minimum absolute atomic E-state index is 0.00921. The molecule has 2 atom stereocenters. The molecule has 0 bridgehead atoms. The maximum atomic E-state index is 12.3. The van der Waals surface area contributed by atoms with Crippen molar-refractivity contribution in [1.82, 2.24) is 15.0 Å². The lowest BCUT2D eigenvalue weighted by Gasteiger charge is -2.17. The summed E-state index contributed by atoms with van der Waals surface area (Å²) in [5, 5.41) is 2.83. The van der Waals surface area contributed by atoms with Crippen LogP contribution in [0.4, 0.5) is 0 Å². The topological polar surface area (TPSA) is 91.1 Å². The number of nitrogens with one attached hydrogen (secondary N) is 3. The lowest BCUT2D eigenvalue weighted by atomic mass is 10.1. The monoisotopic (exact) mass is 329 g/mol. The first-order chi connectivity index (χ1) is 10.0. The maximum absolute atomic E-state index is 12.3. The van der Waals surface area contributed by atoms with Gasteiger partial charge in [-0.2, -0.15) is 0 Å². The van der Waals surface area contributed by atoms with Gasteiger partial charge in [0.05, 0.1) is 0 Å². The molecule has 22 heavy (non-hydrogen) atoms.